The molecule has 1 aromatic heterocycles. The maximum absolute atomic E-state index is 4.99. The predicted molar refractivity (Wildman–Crippen MR) is 69.9 cm³/mol. The van der Waals surface area contributed by atoms with E-state index in [0.717, 1.165) is 38.0 Å². The molecule has 1 heterocycles. The molecule has 17 heavy (non-hydrogen) atoms. The zero-order chi connectivity index (χ0) is 12.5. The van der Waals surface area contributed by atoms with Gasteiger partial charge in [-0.1, -0.05) is 13.8 Å². The third kappa shape index (κ3) is 5.84. The van der Waals surface area contributed by atoms with Crippen LogP contribution in [0.4, 0.5) is 0 Å². The Morgan fingerprint density at radius 3 is 3.00 bits per heavy atom. The van der Waals surface area contributed by atoms with Crippen LogP contribution in [0.3, 0.4) is 0 Å². The number of rotatable bonds is 9. The van der Waals surface area contributed by atoms with E-state index >= 15 is 0 Å². The standard InChI is InChI=1S/C13H25N3O/c1-12(2)5-4-8-16-9-6-15-13(16)11-14-7-10-17-3/h6,9,12,14H,4-5,7-8,10-11H2,1-3H3. The summed E-state index contributed by atoms with van der Waals surface area (Å²) in [5.74, 6) is 1.90. The van der Waals surface area contributed by atoms with E-state index < -0.39 is 0 Å². The minimum absolute atomic E-state index is 0.744. The highest BCUT2D eigenvalue weighted by Gasteiger charge is 2.02. The van der Waals surface area contributed by atoms with Gasteiger partial charge in [-0.05, 0) is 18.8 Å². The van der Waals surface area contributed by atoms with Crippen LogP contribution in [0.1, 0.15) is 32.5 Å². The molecule has 0 atom stereocenters. The Hall–Kier alpha value is -0.870. The molecule has 0 spiro atoms. The quantitative estimate of drug-likeness (QED) is 0.670. The Morgan fingerprint density at radius 1 is 1.47 bits per heavy atom. The van der Waals surface area contributed by atoms with Gasteiger partial charge in [-0.2, -0.15) is 0 Å². The van der Waals surface area contributed by atoms with Gasteiger partial charge in [-0.3, -0.25) is 0 Å². The number of aryl methyl sites for hydroxylation is 1. The summed E-state index contributed by atoms with van der Waals surface area (Å²) in [5.41, 5.74) is 0. The van der Waals surface area contributed by atoms with E-state index in [-0.39, 0.29) is 0 Å². The molecule has 1 rings (SSSR count). The van der Waals surface area contributed by atoms with Gasteiger partial charge in [0.05, 0.1) is 13.2 Å². The molecule has 0 bridgehead atoms. The van der Waals surface area contributed by atoms with Crippen molar-refractivity contribution in [3.05, 3.63) is 18.2 Å². The largest absolute Gasteiger partial charge is 0.383 e. The Balaban J connectivity index is 2.27. The van der Waals surface area contributed by atoms with Gasteiger partial charge >= 0.3 is 0 Å². The van der Waals surface area contributed by atoms with Crippen molar-refractivity contribution in [1.82, 2.24) is 14.9 Å². The highest BCUT2D eigenvalue weighted by molar-refractivity contribution is 4.91. The molecule has 0 saturated carbocycles. The molecule has 4 heteroatoms. The molecule has 0 aliphatic heterocycles. The topological polar surface area (TPSA) is 39.1 Å². The van der Waals surface area contributed by atoms with Crippen molar-refractivity contribution in [2.24, 2.45) is 5.92 Å². The van der Waals surface area contributed by atoms with Crippen LogP contribution in [0, 0.1) is 5.92 Å². The summed E-state index contributed by atoms with van der Waals surface area (Å²) >= 11 is 0. The summed E-state index contributed by atoms with van der Waals surface area (Å²) in [7, 11) is 1.72. The molecule has 0 fully saturated rings. The van der Waals surface area contributed by atoms with Gasteiger partial charge in [0.25, 0.3) is 0 Å². The van der Waals surface area contributed by atoms with E-state index in [2.05, 4.69) is 34.9 Å². The zero-order valence-corrected chi connectivity index (χ0v) is 11.3. The first-order chi connectivity index (χ1) is 8.24. The smallest absolute Gasteiger partial charge is 0.122 e. The van der Waals surface area contributed by atoms with E-state index in [9.17, 15) is 0 Å². The van der Waals surface area contributed by atoms with Gasteiger partial charge in [0.1, 0.15) is 5.82 Å². The highest BCUT2D eigenvalue weighted by Crippen LogP contribution is 2.07. The fourth-order valence-electron chi connectivity index (χ4n) is 1.76. The number of nitrogens with one attached hydrogen (secondary N) is 1. The van der Waals surface area contributed by atoms with Gasteiger partial charge < -0.3 is 14.6 Å². The SMILES string of the molecule is COCCNCc1nccn1CCCC(C)C. The first-order valence-electron chi connectivity index (χ1n) is 6.43. The fourth-order valence-corrected chi connectivity index (χ4v) is 1.76. The van der Waals surface area contributed by atoms with Crippen molar-refractivity contribution >= 4 is 0 Å². The van der Waals surface area contributed by atoms with E-state index in [4.69, 9.17) is 4.74 Å². The Bertz CT molecular complexity index is 297. The van der Waals surface area contributed by atoms with Crippen LogP contribution < -0.4 is 5.32 Å². The lowest BCUT2D eigenvalue weighted by molar-refractivity contribution is 0.198. The second-order valence-electron chi connectivity index (χ2n) is 4.74. The van der Waals surface area contributed by atoms with Crippen LogP contribution >= 0.6 is 0 Å². The van der Waals surface area contributed by atoms with E-state index in [1.54, 1.807) is 7.11 Å². The Labute approximate surface area is 104 Å². The average Bonchev–Trinajstić information content (AvgIpc) is 2.72. The van der Waals surface area contributed by atoms with Crippen LogP contribution in [-0.2, 0) is 17.8 Å². The molecule has 98 valence electrons. The van der Waals surface area contributed by atoms with Crippen molar-refractivity contribution < 1.29 is 4.74 Å². The van der Waals surface area contributed by atoms with E-state index in [1.165, 1.54) is 12.8 Å². The summed E-state index contributed by atoms with van der Waals surface area (Å²) < 4.78 is 7.23. The molecule has 0 radical (unpaired) electrons. The summed E-state index contributed by atoms with van der Waals surface area (Å²) in [6.45, 7) is 8.03. The molecule has 0 aromatic carbocycles. The maximum atomic E-state index is 4.99. The summed E-state index contributed by atoms with van der Waals surface area (Å²) in [6, 6.07) is 0. The van der Waals surface area contributed by atoms with Crippen molar-refractivity contribution in [3.63, 3.8) is 0 Å². The van der Waals surface area contributed by atoms with Crippen molar-refractivity contribution in [1.29, 1.82) is 0 Å². The normalized spacial score (nSPS) is 11.3. The van der Waals surface area contributed by atoms with Crippen molar-refractivity contribution in [2.75, 3.05) is 20.3 Å². The van der Waals surface area contributed by atoms with Crippen LogP contribution in [-0.4, -0.2) is 29.8 Å². The molecule has 0 aliphatic carbocycles. The van der Waals surface area contributed by atoms with Crippen LogP contribution in [0.15, 0.2) is 12.4 Å². The predicted octanol–water partition coefficient (Wildman–Crippen LogP) is 2.06. The molecule has 1 aromatic rings. The third-order valence-electron chi connectivity index (χ3n) is 2.75. The lowest BCUT2D eigenvalue weighted by Crippen LogP contribution is -2.21. The number of imidazole rings is 1. The zero-order valence-electron chi connectivity index (χ0n) is 11.3. The Morgan fingerprint density at radius 2 is 2.29 bits per heavy atom. The molecule has 0 aliphatic rings. The molecule has 4 nitrogen and oxygen atoms in total. The summed E-state index contributed by atoms with van der Waals surface area (Å²) in [5, 5.41) is 3.32. The monoisotopic (exact) mass is 239 g/mol. The molecule has 1 N–H and O–H groups in total. The maximum Gasteiger partial charge on any atom is 0.122 e. The number of nitrogens with zero attached hydrogens (tertiary/aromatic N) is 2. The number of methoxy groups -OCH3 is 1. The van der Waals surface area contributed by atoms with Gasteiger partial charge in [0, 0.05) is 32.6 Å². The minimum Gasteiger partial charge on any atom is -0.383 e. The molecule has 0 unspecified atom stereocenters. The number of ether oxygens (including phenoxy) is 1. The summed E-state index contributed by atoms with van der Waals surface area (Å²) in [4.78, 5) is 4.37. The van der Waals surface area contributed by atoms with Gasteiger partial charge in [0.2, 0.25) is 0 Å². The lowest BCUT2D eigenvalue weighted by Gasteiger charge is -2.09. The van der Waals surface area contributed by atoms with Crippen LogP contribution in [0.2, 0.25) is 0 Å². The van der Waals surface area contributed by atoms with Crippen molar-refractivity contribution in [2.45, 2.75) is 39.8 Å². The fraction of sp³-hybridized carbons (Fsp3) is 0.769. The first-order valence-corrected chi connectivity index (χ1v) is 6.43. The first kappa shape index (κ1) is 14.2. The average molecular weight is 239 g/mol. The van der Waals surface area contributed by atoms with E-state index in [0.29, 0.717) is 0 Å². The summed E-state index contributed by atoms with van der Waals surface area (Å²) in [6.07, 6.45) is 6.43. The third-order valence-corrected chi connectivity index (χ3v) is 2.75. The highest BCUT2D eigenvalue weighted by atomic mass is 16.5. The van der Waals surface area contributed by atoms with Gasteiger partial charge in [-0.15, -0.1) is 0 Å². The van der Waals surface area contributed by atoms with Crippen molar-refractivity contribution in [3.8, 4) is 0 Å². The molecule has 0 saturated heterocycles. The number of hydrogen-bond donors (Lipinski definition) is 1. The Kier molecular flexibility index (Phi) is 6.89. The second kappa shape index (κ2) is 8.25. The minimum atomic E-state index is 0.744. The van der Waals surface area contributed by atoms with Gasteiger partial charge in [-0.25, -0.2) is 4.98 Å². The number of aromatic nitrogens is 2. The molecular formula is C13H25N3O. The van der Waals surface area contributed by atoms with E-state index in [1.807, 2.05) is 6.20 Å². The number of hydrogen-bond acceptors (Lipinski definition) is 3. The lowest BCUT2D eigenvalue weighted by atomic mass is 10.1. The van der Waals surface area contributed by atoms with Gasteiger partial charge in [0.15, 0.2) is 0 Å². The second-order valence-corrected chi connectivity index (χ2v) is 4.74. The van der Waals surface area contributed by atoms with Crippen LogP contribution in [0.5, 0.6) is 0 Å². The van der Waals surface area contributed by atoms with Crippen LogP contribution in [0.25, 0.3) is 0 Å². The molecule has 0 amide bonds. The molecular weight excluding hydrogens is 214 g/mol.